The number of rotatable bonds is 7. The molecule has 31 heavy (non-hydrogen) atoms. The van der Waals surface area contributed by atoms with Crippen LogP contribution in [-0.2, 0) is 17.6 Å². The molecule has 2 aromatic rings. The van der Waals surface area contributed by atoms with Gasteiger partial charge in [-0.2, -0.15) is 0 Å². The van der Waals surface area contributed by atoms with Gasteiger partial charge in [-0.3, -0.25) is 0 Å². The molecule has 0 fully saturated rings. The van der Waals surface area contributed by atoms with E-state index >= 15 is 0 Å². The van der Waals surface area contributed by atoms with E-state index in [0.29, 0.717) is 5.92 Å². The van der Waals surface area contributed by atoms with Gasteiger partial charge in [0.1, 0.15) is 11.5 Å². The van der Waals surface area contributed by atoms with Crippen molar-refractivity contribution in [1.82, 2.24) is 0 Å². The van der Waals surface area contributed by atoms with Crippen LogP contribution in [0.4, 0.5) is 0 Å². The van der Waals surface area contributed by atoms with Gasteiger partial charge in [0.15, 0.2) is 0 Å². The lowest BCUT2D eigenvalue weighted by Crippen LogP contribution is -2.06. The van der Waals surface area contributed by atoms with Crippen molar-refractivity contribution in [2.24, 2.45) is 0 Å². The van der Waals surface area contributed by atoms with Crippen molar-refractivity contribution in [3.05, 3.63) is 93.8 Å². The lowest BCUT2D eigenvalue weighted by atomic mass is 9.88. The van der Waals surface area contributed by atoms with Gasteiger partial charge in [0.25, 0.3) is 0 Å². The fraction of sp³-hybridized carbons (Fsp3) is 0.379. The van der Waals surface area contributed by atoms with Crippen LogP contribution in [0, 0.1) is 6.92 Å². The highest BCUT2D eigenvalue weighted by atomic mass is 16.5. The molecule has 0 saturated heterocycles. The molecule has 2 aromatic carbocycles. The van der Waals surface area contributed by atoms with E-state index in [1.54, 1.807) is 14.2 Å². The van der Waals surface area contributed by atoms with Gasteiger partial charge in [0, 0.05) is 5.57 Å². The minimum absolute atomic E-state index is 0.403. The van der Waals surface area contributed by atoms with Crippen molar-refractivity contribution >= 4 is 5.57 Å². The van der Waals surface area contributed by atoms with Crippen molar-refractivity contribution in [1.29, 1.82) is 0 Å². The van der Waals surface area contributed by atoms with Gasteiger partial charge >= 0.3 is 0 Å². The average Bonchev–Trinajstić information content (AvgIpc) is 2.76. The number of hydrogen-bond acceptors (Lipinski definition) is 2. The van der Waals surface area contributed by atoms with E-state index in [-0.39, 0.29) is 0 Å². The van der Waals surface area contributed by atoms with Crippen LogP contribution in [0.3, 0.4) is 0 Å². The molecule has 0 saturated carbocycles. The third kappa shape index (κ3) is 5.31. The number of aryl methyl sites for hydroxylation is 2. The molecule has 0 aliphatic heterocycles. The highest BCUT2D eigenvalue weighted by Crippen LogP contribution is 2.36. The zero-order valence-corrected chi connectivity index (χ0v) is 19.9. The molecule has 0 heterocycles. The number of methoxy groups -OCH3 is 2. The number of benzene rings is 2. The van der Waals surface area contributed by atoms with Crippen LogP contribution in [0.2, 0.25) is 0 Å². The SMILES string of the molecule is CCc1cc(C2=CC=CCCC(C)=C2OC)cc(CC(C)c2ccc(C)cc2)c1OC. The van der Waals surface area contributed by atoms with Gasteiger partial charge in [0.05, 0.1) is 14.2 Å². The van der Waals surface area contributed by atoms with Gasteiger partial charge in [-0.1, -0.05) is 61.9 Å². The second kappa shape index (κ2) is 10.5. The van der Waals surface area contributed by atoms with E-state index in [1.807, 2.05) is 0 Å². The zero-order chi connectivity index (χ0) is 22.4. The summed E-state index contributed by atoms with van der Waals surface area (Å²) in [7, 11) is 3.57. The summed E-state index contributed by atoms with van der Waals surface area (Å²) in [5.74, 6) is 2.42. The maximum Gasteiger partial charge on any atom is 0.125 e. The summed E-state index contributed by atoms with van der Waals surface area (Å²) in [6.07, 6.45) is 10.5. The molecular formula is C29H36O2. The van der Waals surface area contributed by atoms with E-state index in [2.05, 4.69) is 82.3 Å². The molecule has 1 aliphatic carbocycles. The maximum absolute atomic E-state index is 5.91. The highest BCUT2D eigenvalue weighted by molar-refractivity contribution is 5.80. The zero-order valence-electron chi connectivity index (χ0n) is 19.9. The van der Waals surface area contributed by atoms with Gasteiger partial charge in [-0.25, -0.2) is 0 Å². The molecule has 0 spiro atoms. The number of ether oxygens (including phenoxy) is 2. The third-order valence-electron chi connectivity index (χ3n) is 6.23. The minimum atomic E-state index is 0.403. The monoisotopic (exact) mass is 416 g/mol. The highest BCUT2D eigenvalue weighted by Gasteiger charge is 2.19. The van der Waals surface area contributed by atoms with Crippen LogP contribution in [0.5, 0.6) is 5.75 Å². The predicted octanol–water partition coefficient (Wildman–Crippen LogP) is 7.57. The maximum atomic E-state index is 5.91. The van der Waals surface area contributed by atoms with Crippen LogP contribution in [0.1, 0.15) is 67.3 Å². The van der Waals surface area contributed by atoms with E-state index in [4.69, 9.17) is 9.47 Å². The van der Waals surface area contributed by atoms with E-state index < -0.39 is 0 Å². The first-order chi connectivity index (χ1) is 15.0. The standard InChI is InChI=1S/C29H36O2/c1-7-23-18-25(27-12-10-8-9-11-21(3)28(27)30-5)19-26(29(23)31-6)17-22(4)24-15-13-20(2)14-16-24/h8,10,12-16,18-19,22H,7,9,11,17H2,1-6H3. The molecule has 0 bridgehead atoms. The molecule has 1 unspecified atom stereocenters. The molecule has 2 heteroatoms. The van der Waals surface area contributed by atoms with E-state index in [0.717, 1.165) is 42.8 Å². The van der Waals surface area contributed by atoms with Crippen LogP contribution in [0.15, 0.2) is 66.0 Å². The first-order valence-corrected chi connectivity index (χ1v) is 11.4. The second-order valence-electron chi connectivity index (χ2n) is 8.56. The summed E-state index contributed by atoms with van der Waals surface area (Å²) in [5, 5.41) is 0. The Bertz CT molecular complexity index is 990. The molecule has 0 radical (unpaired) electrons. The smallest absolute Gasteiger partial charge is 0.125 e. The van der Waals surface area contributed by atoms with Crippen LogP contribution >= 0.6 is 0 Å². The molecule has 2 nitrogen and oxygen atoms in total. The molecule has 0 amide bonds. The molecule has 1 aliphatic rings. The summed E-state index contributed by atoms with van der Waals surface area (Å²) < 4.78 is 11.8. The summed E-state index contributed by atoms with van der Waals surface area (Å²) in [4.78, 5) is 0. The Morgan fingerprint density at radius 3 is 2.32 bits per heavy atom. The molecule has 0 N–H and O–H groups in total. The van der Waals surface area contributed by atoms with Gasteiger partial charge in [-0.05, 0) is 85.4 Å². The Kier molecular flexibility index (Phi) is 7.79. The number of allylic oxidation sites excluding steroid dienone is 5. The fourth-order valence-electron chi connectivity index (χ4n) is 4.42. The predicted molar refractivity (Wildman–Crippen MR) is 132 cm³/mol. The Hall–Kier alpha value is -2.74. The molecule has 0 aromatic heterocycles. The molecule has 164 valence electrons. The third-order valence-corrected chi connectivity index (χ3v) is 6.23. The minimum Gasteiger partial charge on any atom is -0.496 e. The van der Waals surface area contributed by atoms with Crippen LogP contribution in [0.25, 0.3) is 5.57 Å². The van der Waals surface area contributed by atoms with Crippen molar-refractivity contribution in [3.63, 3.8) is 0 Å². The Morgan fingerprint density at radius 1 is 0.968 bits per heavy atom. The fourth-order valence-corrected chi connectivity index (χ4v) is 4.42. The topological polar surface area (TPSA) is 18.5 Å². The Morgan fingerprint density at radius 2 is 1.68 bits per heavy atom. The lowest BCUT2D eigenvalue weighted by molar-refractivity contribution is 0.305. The van der Waals surface area contributed by atoms with E-state index in [9.17, 15) is 0 Å². The van der Waals surface area contributed by atoms with Gasteiger partial charge in [-0.15, -0.1) is 0 Å². The largest absolute Gasteiger partial charge is 0.496 e. The summed E-state index contributed by atoms with van der Waals surface area (Å²) in [6.45, 7) is 8.80. The normalized spacial score (nSPS) is 15.2. The van der Waals surface area contributed by atoms with Gasteiger partial charge < -0.3 is 9.47 Å². The van der Waals surface area contributed by atoms with Gasteiger partial charge in [0.2, 0.25) is 0 Å². The van der Waals surface area contributed by atoms with E-state index in [1.165, 1.54) is 33.4 Å². The average molecular weight is 417 g/mol. The Balaban J connectivity index is 2.08. The summed E-state index contributed by atoms with van der Waals surface area (Å²) >= 11 is 0. The second-order valence-corrected chi connectivity index (χ2v) is 8.56. The van der Waals surface area contributed by atoms with Crippen molar-refractivity contribution < 1.29 is 9.47 Å². The lowest BCUT2D eigenvalue weighted by Gasteiger charge is -2.21. The first-order valence-electron chi connectivity index (χ1n) is 11.4. The summed E-state index contributed by atoms with van der Waals surface area (Å²) in [5.41, 5.74) is 8.79. The quantitative estimate of drug-likeness (QED) is 0.463. The Labute approximate surface area is 188 Å². The molecular weight excluding hydrogens is 380 g/mol. The van der Waals surface area contributed by atoms with Crippen LogP contribution < -0.4 is 4.74 Å². The number of hydrogen-bond donors (Lipinski definition) is 0. The molecule has 3 rings (SSSR count). The summed E-state index contributed by atoms with van der Waals surface area (Å²) in [6, 6.07) is 13.5. The van der Waals surface area contributed by atoms with Crippen LogP contribution in [-0.4, -0.2) is 14.2 Å². The van der Waals surface area contributed by atoms with Crippen molar-refractivity contribution in [2.45, 2.75) is 59.3 Å². The van der Waals surface area contributed by atoms with Crippen molar-refractivity contribution in [3.8, 4) is 5.75 Å². The molecule has 1 atom stereocenters. The first kappa shape index (κ1) is 22.9. The van der Waals surface area contributed by atoms with Crippen molar-refractivity contribution in [2.75, 3.05) is 14.2 Å².